The van der Waals surface area contributed by atoms with Gasteiger partial charge in [0.05, 0.1) is 11.3 Å². The van der Waals surface area contributed by atoms with Crippen LogP contribution in [0.1, 0.15) is 23.7 Å². The summed E-state index contributed by atoms with van der Waals surface area (Å²) in [5.41, 5.74) is 3.51. The zero-order chi connectivity index (χ0) is 16.3. The number of hydrogen-bond donors (Lipinski definition) is 2. The summed E-state index contributed by atoms with van der Waals surface area (Å²) in [7, 11) is 0. The third kappa shape index (κ3) is 4.06. The summed E-state index contributed by atoms with van der Waals surface area (Å²) in [4.78, 5) is 4.67. The Bertz CT molecular complexity index is 746. The van der Waals surface area contributed by atoms with Crippen molar-refractivity contribution in [1.82, 2.24) is 10.3 Å². The van der Waals surface area contributed by atoms with E-state index in [0.717, 1.165) is 21.8 Å². The molecule has 0 fully saturated rings. The molecule has 0 spiro atoms. The van der Waals surface area contributed by atoms with Gasteiger partial charge in [0.1, 0.15) is 5.01 Å². The summed E-state index contributed by atoms with van der Waals surface area (Å²) in [6.07, 6.45) is 0. The van der Waals surface area contributed by atoms with Gasteiger partial charge in [-0.05, 0) is 36.2 Å². The first-order valence-electron chi connectivity index (χ1n) is 7.52. The molecule has 2 N–H and O–H groups in total. The first-order chi connectivity index (χ1) is 11.0. The molecule has 0 saturated heterocycles. The normalized spacial score (nSPS) is 13.9. The molecule has 1 unspecified atom stereocenters. The molecule has 0 aliphatic carbocycles. The number of thiazole rings is 1. The number of nitrogens with one attached hydrogen (secondary N) is 1. The zero-order valence-corrected chi connectivity index (χ0v) is 14.9. The van der Waals surface area contributed by atoms with Crippen LogP contribution in [0.25, 0.3) is 10.6 Å². The Labute approximate surface area is 144 Å². The molecular formula is C18H20N2OS2. The largest absolute Gasteiger partial charge is 0.384 e. The van der Waals surface area contributed by atoms with Crippen LogP contribution in [0.4, 0.5) is 0 Å². The van der Waals surface area contributed by atoms with Gasteiger partial charge in [-0.25, -0.2) is 4.98 Å². The van der Waals surface area contributed by atoms with Crippen LogP contribution in [0.3, 0.4) is 0 Å². The van der Waals surface area contributed by atoms with Gasteiger partial charge in [-0.3, -0.25) is 0 Å². The molecule has 5 heteroatoms. The van der Waals surface area contributed by atoms with Crippen molar-refractivity contribution in [3.63, 3.8) is 0 Å². The Morgan fingerprint density at radius 1 is 1.17 bits per heavy atom. The molecule has 3 rings (SSSR count). The van der Waals surface area contributed by atoms with E-state index in [-0.39, 0.29) is 0 Å². The maximum absolute atomic E-state index is 10.5. The van der Waals surface area contributed by atoms with Crippen LogP contribution in [-0.4, -0.2) is 16.6 Å². The molecule has 2 heterocycles. The molecular weight excluding hydrogens is 324 g/mol. The molecule has 2 aromatic heterocycles. The lowest BCUT2D eigenvalue weighted by molar-refractivity contribution is 0.0570. The third-order valence-corrected chi connectivity index (χ3v) is 5.39. The number of benzene rings is 1. The molecule has 3 aromatic rings. The summed E-state index contributed by atoms with van der Waals surface area (Å²) < 4.78 is 0. The van der Waals surface area contributed by atoms with Crippen molar-refractivity contribution in [2.24, 2.45) is 0 Å². The number of hydrogen-bond acceptors (Lipinski definition) is 5. The molecule has 23 heavy (non-hydrogen) atoms. The van der Waals surface area contributed by atoms with E-state index < -0.39 is 5.60 Å². The van der Waals surface area contributed by atoms with Crippen LogP contribution in [-0.2, 0) is 12.1 Å². The molecule has 120 valence electrons. The van der Waals surface area contributed by atoms with Crippen LogP contribution in [0.15, 0.2) is 46.5 Å². The second-order valence-electron chi connectivity index (χ2n) is 5.90. The lowest BCUT2D eigenvalue weighted by atomic mass is 9.99. The number of aliphatic hydroxyl groups is 1. The fourth-order valence-corrected chi connectivity index (χ4v) is 3.93. The average Bonchev–Trinajstić information content (AvgIpc) is 3.19. The summed E-state index contributed by atoms with van der Waals surface area (Å²) in [6.45, 7) is 5.07. The Balaban J connectivity index is 1.58. The van der Waals surface area contributed by atoms with Crippen molar-refractivity contribution in [2.45, 2.75) is 26.0 Å². The average molecular weight is 345 g/mol. The second-order valence-corrected chi connectivity index (χ2v) is 7.54. The Morgan fingerprint density at radius 3 is 2.65 bits per heavy atom. The molecule has 0 saturated carbocycles. The Morgan fingerprint density at radius 2 is 1.96 bits per heavy atom. The Kier molecular flexibility index (Phi) is 4.92. The molecule has 1 aromatic carbocycles. The van der Waals surface area contributed by atoms with Gasteiger partial charge in [-0.15, -0.1) is 11.3 Å². The maximum atomic E-state index is 10.5. The predicted molar refractivity (Wildman–Crippen MR) is 97.9 cm³/mol. The van der Waals surface area contributed by atoms with Crippen LogP contribution < -0.4 is 5.32 Å². The van der Waals surface area contributed by atoms with Gasteiger partial charge in [0.25, 0.3) is 0 Å². The first-order valence-corrected chi connectivity index (χ1v) is 9.34. The van der Waals surface area contributed by atoms with E-state index in [2.05, 4.69) is 46.9 Å². The summed E-state index contributed by atoms with van der Waals surface area (Å²) >= 11 is 3.25. The summed E-state index contributed by atoms with van der Waals surface area (Å²) in [5.74, 6) is 0. The van der Waals surface area contributed by atoms with E-state index in [1.165, 1.54) is 5.56 Å². The van der Waals surface area contributed by atoms with Gasteiger partial charge in [0, 0.05) is 24.0 Å². The summed E-state index contributed by atoms with van der Waals surface area (Å²) in [6, 6.07) is 10.4. The second kappa shape index (κ2) is 6.93. The van der Waals surface area contributed by atoms with E-state index in [4.69, 9.17) is 0 Å². The van der Waals surface area contributed by atoms with Gasteiger partial charge >= 0.3 is 0 Å². The smallest absolute Gasteiger partial charge is 0.123 e. The predicted octanol–water partition coefficient (Wildman–Crippen LogP) is 4.18. The lowest BCUT2D eigenvalue weighted by Gasteiger charge is -2.22. The maximum Gasteiger partial charge on any atom is 0.123 e. The van der Waals surface area contributed by atoms with E-state index in [9.17, 15) is 5.11 Å². The van der Waals surface area contributed by atoms with Crippen molar-refractivity contribution >= 4 is 22.7 Å². The van der Waals surface area contributed by atoms with Gasteiger partial charge in [0.15, 0.2) is 0 Å². The zero-order valence-electron chi connectivity index (χ0n) is 13.2. The monoisotopic (exact) mass is 344 g/mol. The Hall–Kier alpha value is -1.53. The summed E-state index contributed by atoms with van der Waals surface area (Å²) in [5, 5.41) is 20.9. The van der Waals surface area contributed by atoms with E-state index in [0.29, 0.717) is 13.1 Å². The molecule has 3 nitrogen and oxygen atoms in total. The van der Waals surface area contributed by atoms with E-state index >= 15 is 0 Å². The molecule has 0 bridgehead atoms. The number of rotatable bonds is 6. The number of thiophene rings is 1. The topological polar surface area (TPSA) is 45.2 Å². The van der Waals surface area contributed by atoms with Crippen molar-refractivity contribution in [1.29, 1.82) is 0 Å². The standard InChI is InChI=1S/C18H20N2OS2/c1-13-3-5-14(6-4-13)17-20-16(11-23-17)9-19-12-18(2,21)15-7-8-22-10-15/h3-8,10-11,19,21H,9,12H2,1-2H3. The minimum absolute atomic E-state index is 0.501. The highest BCUT2D eigenvalue weighted by atomic mass is 32.1. The fraction of sp³-hybridized carbons (Fsp3) is 0.278. The van der Waals surface area contributed by atoms with Crippen LogP contribution >= 0.6 is 22.7 Å². The number of aryl methyl sites for hydroxylation is 1. The van der Waals surface area contributed by atoms with Crippen LogP contribution in [0, 0.1) is 6.92 Å². The number of aromatic nitrogens is 1. The molecule has 0 amide bonds. The molecule has 0 aliphatic heterocycles. The highest BCUT2D eigenvalue weighted by Gasteiger charge is 2.22. The number of nitrogens with zero attached hydrogens (tertiary/aromatic N) is 1. The van der Waals surface area contributed by atoms with E-state index in [1.54, 1.807) is 22.7 Å². The van der Waals surface area contributed by atoms with Gasteiger partial charge < -0.3 is 10.4 Å². The van der Waals surface area contributed by atoms with Crippen LogP contribution in [0.2, 0.25) is 0 Å². The minimum atomic E-state index is -0.851. The molecule has 0 aliphatic rings. The van der Waals surface area contributed by atoms with Crippen molar-refractivity contribution < 1.29 is 5.11 Å². The van der Waals surface area contributed by atoms with Crippen molar-refractivity contribution in [3.05, 3.63) is 63.3 Å². The van der Waals surface area contributed by atoms with Gasteiger partial charge in [-0.2, -0.15) is 11.3 Å². The van der Waals surface area contributed by atoms with Crippen molar-refractivity contribution in [3.8, 4) is 10.6 Å². The quantitative estimate of drug-likeness (QED) is 0.705. The van der Waals surface area contributed by atoms with Crippen LogP contribution in [0.5, 0.6) is 0 Å². The molecule has 1 atom stereocenters. The van der Waals surface area contributed by atoms with Crippen molar-refractivity contribution in [2.75, 3.05) is 6.54 Å². The fourth-order valence-electron chi connectivity index (χ4n) is 2.32. The third-order valence-electron chi connectivity index (χ3n) is 3.77. The SMILES string of the molecule is Cc1ccc(-c2nc(CNCC(C)(O)c3ccsc3)cs2)cc1. The highest BCUT2D eigenvalue weighted by Crippen LogP contribution is 2.25. The molecule has 0 radical (unpaired) electrons. The first kappa shape index (κ1) is 16.3. The lowest BCUT2D eigenvalue weighted by Crippen LogP contribution is -2.34. The highest BCUT2D eigenvalue weighted by molar-refractivity contribution is 7.13. The van der Waals surface area contributed by atoms with E-state index in [1.807, 2.05) is 23.8 Å². The van der Waals surface area contributed by atoms with Gasteiger partial charge in [-0.1, -0.05) is 29.8 Å². The van der Waals surface area contributed by atoms with Gasteiger partial charge in [0.2, 0.25) is 0 Å². The minimum Gasteiger partial charge on any atom is -0.384 e.